The molecule has 2 nitrogen and oxygen atoms in total. The molecule has 0 heterocycles. The van der Waals surface area contributed by atoms with Crippen LogP contribution >= 0.6 is 11.1 Å². The first kappa shape index (κ1) is 30.9. The predicted molar refractivity (Wildman–Crippen MR) is 143 cm³/mol. The van der Waals surface area contributed by atoms with E-state index in [1.807, 2.05) is 0 Å². The topological polar surface area (TPSA) is 29.4 Å². The van der Waals surface area contributed by atoms with Gasteiger partial charge in [0.05, 0.1) is 6.54 Å². The van der Waals surface area contributed by atoms with Gasteiger partial charge in [0.15, 0.2) is 0 Å². The van der Waals surface area contributed by atoms with E-state index in [1.54, 1.807) is 6.08 Å². The van der Waals surface area contributed by atoms with Gasteiger partial charge in [-0.05, 0) is 12.5 Å². The molecule has 0 aromatic heterocycles. The van der Waals surface area contributed by atoms with Gasteiger partial charge in [0.2, 0.25) is 6.08 Å². The molecule has 0 fully saturated rings. The second-order valence-electron chi connectivity index (χ2n) is 10.2. The van der Waals surface area contributed by atoms with Crippen LogP contribution in [0.2, 0.25) is 19.1 Å². The molecule has 4 heteroatoms. The number of isocyanates is 1. The number of carbonyl (C=O) groups excluding carboxylic acids is 1. The van der Waals surface area contributed by atoms with E-state index in [4.69, 9.17) is 11.1 Å². The second kappa shape index (κ2) is 24.5. The van der Waals surface area contributed by atoms with Crippen LogP contribution in [-0.2, 0) is 4.79 Å². The molecule has 0 aliphatic carbocycles. The van der Waals surface area contributed by atoms with Crippen LogP contribution in [0.25, 0.3) is 0 Å². The fraction of sp³-hybridized carbons (Fsp3) is 0.963. The number of unbranched alkanes of at least 4 members (excludes halogenated alkanes) is 21. The summed E-state index contributed by atoms with van der Waals surface area (Å²) in [5, 5.41) is 0. The molecule has 0 amide bonds. The number of hydrogen-bond donors (Lipinski definition) is 0. The Hall–Kier alpha value is -0.113. The normalized spacial score (nSPS) is 11.6. The Kier molecular flexibility index (Phi) is 24.4. The van der Waals surface area contributed by atoms with E-state index in [9.17, 15) is 4.79 Å². The zero-order valence-electron chi connectivity index (χ0n) is 21.2. The maximum Gasteiger partial charge on any atom is 0.234 e. The summed E-state index contributed by atoms with van der Waals surface area (Å²) >= 11 is 6.37. The minimum Gasteiger partial charge on any atom is -0.211 e. The van der Waals surface area contributed by atoms with Gasteiger partial charge in [0, 0.05) is 0 Å². The number of hydrogen-bond acceptors (Lipinski definition) is 2. The molecule has 0 rings (SSSR count). The molecule has 0 aromatic rings. The van der Waals surface area contributed by atoms with Crippen molar-refractivity contribution in [2.45, 2.75) is 160 Å². The average molecular weight is 472 g/mol. The zero-order chi connectivity index (χ0) is 22.9. The van der Waals surface area contributed by atoms with Crippen molar-refractivity contribution < 1.29 is 4.79 Å². The van der Waals surface area contributed by atoms with Crippen molar-refractivity contribution in [2.75, 3.05) is 6.54 Å². The fourth-order valence-corrected chi connectivity index (χ4v) is 5.81. The molecule has 0 radical (unpaired) electrons. The maximum absolute atomic E-state index is 9.95. The summed E-state index contributed by atoms with van der Waals surface area (Å²) in [6, 6.07) is 1.29. The summed E-state index contributed by atoms with van der Waals surface area (Å²) in [6.07, 6.45) is 32.2. The minimum absolute atomic E-state index is 0.666. The Morgan fingerprint density at radius 3 is 1.03 bits per heavy atom. The smallest absolute Gasteiger partial charge is 0.211 e. The molecular weight excluding hydrogens is 418 g/mol. The quantitative estimate of drug-likeness (QED) is 0.0427. The lowest BCUT2D eigenvalue weighted by atomic mass is 10.0. The highest BCUT2D eigenvalue weighted by Gasteiger charge is 2.15. The van der Waals surface area contributed by atoms with Crippen molar-refractivity contribution in [2.24, 2.45) is 4.99 Å². The van der Waals surface area contributed by atoms with Gasteiger partial charge in [-0.3, -0.25) is 0 Å². The van der Waals surface area contributed by atoms with E-state index in [1.165, 1.54) is 141 Å². The van der Waals surface area contributed by atoms with Crippen LogP contribution in [0.3, 0.4) is 0 Å². The second-order valence-corrected chi connectivity index (χ2v) is 17.2. The van der Waals surface area contributed by atoms with E-state index in [-0.39, 0.29) is 0 Å². The SMILES string of the molecule is C[Si](C)(Cl)CCCCCCCCCCCCCCCCCCCCCCCCN=C=O. The monoisotopic (exact) mass is 471 g/mol. The third-order valence-electron chi connectivity index (χ3n) is 6.36. The summed E-state index contributed by atoms with van der Waals surface area (Å²) in [5.41, 5.74) is 0. The molecule has 0 N–H and O–H groups in total. The van der Waals surface area contributed by atoms with Crippen LogP contribution in [0.15, 0.2) is 4.99 Å². The van der Waals surface area contributed by atoms with Gasteiger partial charge in [-0.1, -0.05) is 148 Å². The van der Waals surface area contributed by atoms with E-state index in [2.05, 4.69) is 18.1 Å². The van der Waals surface area contributed by atoms with Crippen molar-refractivity contribution in [1.29, 1.82) is 0 Å². The summed E-state index contributed by atoms with van der Waals surface area (Å²) in [5.74, 6) is 0. The molecule has 0 aromatic carbocycles. The third kappa shape index (κ3) is 29.9. The minimum atomic E-state index is -1.31. The molecule has 0 atom stereocenters. The molecule has 0 saturated heterocycles. The third-order valence-corrected chi connectivity index (χ3v) is 8.47. The largest absolute Gasteiger partial charge is 0.234 e. The van der Waals surface area contributed by atoms with Gasteiger partial charge in [0.1, 0.15) is 7.38 Å². The van der Waals surface area contributed by atoms with Crippen molar-refractivity contribution in [3.8, 4) is 0 Å². The van der Waals surface area contributed by atoms with Crippen molar-refractivity contribution in [1.82, 2.24) is 0 Å². The van der Waals surface area contributed by atoms with E-state index < -0.39 is 7.38 Å². The van der Waals surface area contributed by atoms with E-state index in [0.29, 0.717) is 6.54 Å². The van der Waals surface area contributed by atoms with Crippen LogP contribution in [0.1, 0.15) is 141 Å². The van der Waals surface area contributed by atoms with Gasteiger partial charge in [-0.2, -0.15) is 11.1 Å². The van der Waals surface area contributed by atoms with Gasteiger partial charge in [0.25, 0.3) is 0 Å². The van der Waals surface area contributed by atoms with Crippen molar-refractivity contribution in [3.05, 3.63) is 0 Å². The maximum atomic E-state index is 9.95. The molecule has 31 heavy (non-hydrogen) atoms. The number of rotatable bonds is 25. The Labute approximate surface area is 201 Å². The van der Waals surface area contributed by atoms with Gasteiger partial charge in [-0.15, -0.1) is 0 Å². The lowest BCUT2D eigenvalue weighted by Gasteiger charge is -2.11. The Balaban J connectivity index is 3.04. The summed E-state index contributed by atoms with van der Waals surface area (Å²) in [7, 11) is -1.31. The van der Waals surface area contributed by atoms with Crippen LogP contribution in [0.4, 0.5) is 0 Å². The lowest BCUT2D eigenvalue weighted by Crippen LogP contribution is -2.14. The average Bonchev–Trinajstić information content (AvgIpc) is 2.73. The Morgan fingerprint density at radius 1 is 0.516 bits per heavy atom. The van der Waals surface area contributed by atoms with Crippen LogP contribution in [-0.4, -0.2) is 20.0 Å². The number of aliphatic imine (C=N–C) groups is 1. The van der Waals surface area contributed by atoms with Crippen LogP contribution < -0.4 is 0 Å². The summed E-state index contributed by atoms with van der Waals surface area (Å²) < 4.78 is 0. The summed E-state index contributed by atoms with van der Waals surface area (Å²) in [4.78, 5) is 13.5. The van der Waals surface area contributed by atoms with Crippen LogP contribution in [0, 0.1) is 0 Å². The van der Waals surface area contributed by atoms with Crippen LogP contribution in [0.5, 0.6) is 0 Å². The first-order valence-corrected chi connectivity index (χ1v) is 18.0. The van der Waals surface area contributed by atoms with E-state index in [0.717, 1.165) is 6.42 Å². The fourth-order valence-electron chi connectivity index (χ4n) is 4.32. The van der Waals surface area contributed by atoms with Gasteiger partial charge in [-0.25, -0.2) is 9.79 Å². The first-order valence-electron chi connectivity index (χ1n) is 13.8. The standard InChI is InChI=1S/C27H54ClNOSi/c1-31(2,28)26-24-22-20-18-16-14-12-10-8-6-4-3-5-7-9-11-13-15-17-19-21-23-25-29-27-30/h3-26H2,1-2H3. The predicted octanol–water partition coefficient (Wildman–Crippen LogP) is 10.3. The number of nitrogens with zero attached hydrogens (tertiary/aromatic N) is 1. The highest BCUT2D eigenvalue weighted by Crippen LogP contribution is 2.19. The molecule has 0 aliphatic heterocycles. The van der Waals surface area contributed by atoms with Gasteiger partial charge >= 0.3 is 0 Å². The molecule has 0 unspecified atom stereocenters. The molecule has 184 valence electrons. The molecule has 0 aliphatic rings. The zero-order valence-corrected chi connectivity index (χ0v) is 23.0. The Morgan fingerprint density at radius 2 is 0.774 bits per heavy atom. The van der Waals surface area contributed by atoms with Gasteiger partial charge < -0.3 is 0 Å². The summed E-state index contributed by atoms with van der Waals surface area (Å²) in [6.45, 7) is 5.19. The molecular formula is C27H54ClNOSi. The molecule has 0 bridgehead atoms. The van der Waals surface area contributed by atoms with E-state index >= 15 is 0 Å². The van der Waals surface area contributed by atoms with Crippen molar-refractivity contribution in [3.63, 3.8) is 0 Å². The number of halogens is 1. The molecule has 0 saturated carbocycles. The lowest BCUT2D eigenvalue weighted by molar-refractivity contribution is 0.519. The van der Waals surface area contributed by atoms with Crippen molar-refractivity contribution >= 4 is 24.5 Å². The Bertz CT molecular complexity index is 405. The highest BCUT2D eigenvalue weighted by atomic mass is 35.6. The highest BCUT2D eigenvalue weighted by molar-refractivity contribution is 7.19. The molecule has 0 spiro atoms. The first-order chi connectivity index (χ1) is 15.1.